The Morgan fingerprint density at radius 1 is 0.304 bits per heavy atom. The van der Waals surface area contributed by atoms with Crippen molar-refractivity contribution < 1.29 is 4.42 Å². The molecule has 0 fully saturated rings. The van der Waals surface area contributed by atoms with E-state index in [1.807, 2.05) is 18.2 Å². The molecule has 0 amide bonds. The van der Waals surface area contributed by atoms with Crippen LogP contribution in [0.4, 0.5) is 17.1 Å². The minimum atomic E-state index is 0.851. The zero-order chi connectivity index (χ0) is 30.7. The number of hydrogen-bond donors (Lipinski definition) is 0. The molecule has 0 saturated carbocycles. The van der Waals surface area contributed by atoms with Crippen molar-refractivity contribution in [3.8, 4) is 44.7 Å². The molecule has 2 heteroatoms. The van der Waals surface area contributed by atoms with Crippen molar-refractivity contribution in [2.24, 2.45) is 0 Å². The molecule has 0 aliphatic carbocycles. The topological polar surface area (TPSA) is 16.4 Å². The van der Waals surface area contributed by atoms with Gasteiger partial charge in [0.25, 0.3) is 0 Å². The summed E-state index contributed by atoms with van der Waals surface area (Å²) in [6, 6.07) is 66.4. The number of furan rings is 1. The maximum Gasteiger partial charge on any atom is 0.135 e. The van der Waals surface area contributed by atoms with Crippen LogP contribution in [0.1, 0.15) is 0 Å². The summed E-state index contributed by atoms with van der Waals surface area (Å²) in [5, 5.41) is 1.10. The summed E-state index contributed by atoms with van der Waals surface area (Å²) in [6.07, 6.45) is 0. The number of rotatable bonds is 7. The Balaban J connectivity index is 1.34. The van der Waals surface area contributed by atoms with Crippen molar-refractivity contribution in [2.75, 3.05) is 4.90 Å². The first-order valence-electron chi connectivity index (χ1n) is 15.6. The first-order chi connectivity index (χ1) is 22.8. The molecule has 0 N–H and O–H groups in total. The van der Waals surface area contributed by atoms with Crippen molar-refractivity contribution >= 4 is 28.0 Å². The summed E-state index contributed by atoms with van der Waals surface area (Å²) >= 11 is 0. The molecule has 218 valence electrons. The lowest BCUT2D eigenvalue weighted by Crippen LogP contribution is -2.10. The fourth-order valence-electron chi connectivity index (χ4n) is 6.16. The Bertz CT molecular complexity index is 2160. The normalized spacial score (nSPS) is 11.0. The van der Waals surface area contributed by atoms with Crippen LogP contribution in [0.15, 0.2) is 192 Å². The van der Waals surface area contributed by atoms with Crippen LogP contribution in [0, 0.1) is 0 Å². The second kappa shape index (κ2) is 12.1. The lowest BCUT2D eigenvalue weighted by atomic mass is 9.97. The van der Waals surface area contributed by atoms with Gasteiger partial charge in [-0.1, -0.05) is 133 Å². The van der Waals surface area contributed by atoms with Crippen molar-refractivity contribution in [3.63, 3.8) is 0 Å². The van der Waals surface area contributed by atoms with E-state index in [-0.39, 0.29) is 0 Å². The molecule has 0 aliphatic heterocycles. The van der Waals surface area contributed by atoms with Gasteiger partial charge in [-0.25, -0.2) is 0 Å². The van der Waals surface area contributed by atoms with Crippen LogP contribution in [0.5, 0.6) is 0 Å². The summed E-state index contributed by atoms with van der Waals surface area (Å²) in [6.45, 7) is 0. The molecule has 0 bridgehead atoms. The summed E-state index contributed by atoms with van der Waals surface area (Å²) in [5.41, 5.74) is 12.1. The number of anilines is 3. The zero-order valence-corrected chi connectivity index (χ0v) is 25.3. The fourth-order valence-corrected chi connectivity index (χ4v) is 6.16. The molecule has 46 heavy (non-hydrogen) atoms. The van der Waals surface area contributed by atoms with Crippen LogP contribution < -0.4 is 4.90 Å². The van der Waals surface area contributed by atoms with E-state index in [0.29, 0.717) is 0 Å². The van der Waals surface area contributed by atoms with Gasteiger partial charge in [0.2, 0.25) is 0 Å². The van der Waals surface area contributed by atoms with Gasteiger partial charge in [0, 0.05) is 28.0 Å². The van der Waals surface area contributed by atoms with Crippen LogP contribution in [-0.4, -0.2) is 0 Å². The fraction of sp³-hybridized carbons (Fsp3) is 0. The lowest BCUT2D eigenvalue weighted by molar-refractivity contribution is 0.631. The van der Waals surface area contributed by atoms with Gasteiger partial charge in [0.15, 0.2) is 0 Å². The van der Waals surface area contributed by atoms with Crippen LogP contribution in [-0.2, 0) is 0 Å². The molecule has 8 rings (SSSR count). The number of benzene rings is 7. The van der Waals surface area contributed by atoms with Crippen molar-refractivity contribution in [1.29, 1.82) is 0 Å². The molecule has 0 saturated heterocycles. The predicted molar refractivity (Wildman–Crippen MR) is 193 cm³/mol. The second-order valence-electron chi connectivity index (χ2n) is 11.5. The van der Waals surface area contributed by atoms with Crippen molar-refractivity contribution in [2.45, 2.75) is 0 Å². The average molecular weight is 590 g/mol. The van der Waals surface area contributed by atoms with Crippen molar-refractivity contribution in [1.82, 2.24) is 0 Å². The molecule has 7 aromatic carbocycles. The van der Waals surface area contributed by atoms with Crippen LogP contribution in [0.2, 0.25) is 0 Å². The highest BCUT2D eigenvalue weighted by molar-refractivity contribution is 5.88. The molecule has 0 atom stereocenters. The predicted octanol–water partition coefficient (Wildman–Crippen LogP) is 12.6. The first kappa shape index (κ1) is 27.4. The molecule has 1 heterocycles. The highest BCUT2D eigenvalue weighted by Gasteiger charge is 2.18. The molecule has 1 aromatic heterocycles. The Hall–Kier alpha value is -6.12. The Kier molecular flexibility index (Phi) is 7.22. The smallest absolute Gasteiger partial charge is 0.135 e. The SMILES string of the molecule is c1ccc(-c2cccc(N(c3cc(-c4ccccc4)cc(-c4ccccc4)c3)c3cccc(-c4cc5ccccc5o4)c3)c2)cc1. The van der Waals surface area contributed by atoms with E-state index >= 15 is 0 Å². The highest BCUT2D eigenvalue weighted by atomic mass is 16.3. The molecular weight excluding hydrogens is 558 g/mol. The quantitative estimate of drug-likeness (QED) is 0.184. The molecule has 0 aliphatic rings. The van der Waals surface area contributed by atoms with E-state index in [1.54, 1.807) is 0 Å². The third-order valence-corrected chi connectivity index (χ3v) is 8.42. The maximum atomic E-state index is 6.31. The van der Waals surface area contributed by atoms with E-state index in [2.05, 4.69) is 175 Å². The van der Waals surface area contributed by atoms with E-state index < -0.39 is 0 Å². The largest absolute Gasteiger partial charge is 0.456 e. The Labute approximate surface area is 269 Å². The van der Waals surface area contributed by atoms with E-state index in [4.69, 9.17) is 4.42 Å². The molecule has 0 radical (unpaired) electrons. The summed E-state index contributed by atoms with van der Waals surface area (Å²) in [5.74, 6) is 0.851. The third-order valence-electron chi connectivity index (χ3n) is 8.42. The third kappa shape index (κ3) is 5.49. The second-order valence-corrected chi connectivity index (χ2v) is 11.5. The number of nitrogens with zero attached hydrogens (tertiary/aromatic N) is 1. The van der Waals surface area contributed by atoms with E-state index in [0.717, 1.165) is 50.5 Å². The minimum Gasteiger partial charge on any atom is -0.456 e. The van der Waals surface area contributed by atoms with E-state index in [1.165, 1.54) is 22.3 Å². The van der Waals surface area contributed by atoms with Gasteiger partial charge in [0.05, 0.1) is 0 Å². The average Bonchev–Trinajstić information content (AvgIpc) is 3.58. The molecule has 8 aromatic rings. The molecular formula is C44H31NO. The van der Waals surface area contributed by atoms with Gasteiger partial charge >= 0.3 is 0 Å². The number of fused-ring (bicyclic) bond motifs is 1. The van der Waals surface area contributed by atoms with Gasteiger partial charge < -0.3 is 9.32 Å². The molecule has 0 unspecified atom stereocenters. The van der Waals surface area contributed by atoms with Gasteiger partial charge in [0.1, 0.15) is 11.3 Å². The van der Waals surface area contributed by atoms with Gasteiger partial charge in [-0.15, -0.1) is 0 Å². The number of hydrogen-bond acceptors (Lipinski definition) is 2. The summed E-state index contributed by atoms with van der Waals surface area (Å²) in [4.78, 5) is 2.36. The zero-order valence-electron chi connectivity index (χ0n) is 25.3. The first-order valence-corrected chi connectivity index (χ1v) is 15.6. The van der Waals surface area contributed by atoms with Crippen LogP contribution in [0.25, 0.3) is 55.7 Å². The molecule has 0 spiro atoms. The summed E-state index contributed by atoms with van der Waals surface area (Å²) < 4.78 is 6.31. The lowest BCUT2D eigenvalue weighted by Gasteiger charge is -2.27. The van der Waals surface area contributed by atoms with Crippen LogP contribution in [0.3, 0.4) is 0 Å². The van der Waals surface area contributed by atoms with E-state index in [9.17, 15) is 0 Å². The molecule has 2 nitrogen and oxygen atoms in total. The summed E-state index contributed by atoms with van der Waals surface area (Å²) in [7, 11) is 0. The van der Waals surface area contributed by atoms with Gasteiger partial charge in [-0.2, -0.15) is 0 Å². The van der Waals surface area contributed by atoms with Crippen molar-refractivity contribution in [3.05, 3.63) is 188 Å². The monoisotopic (exact) mass is 589 g/mol. The highest BCUT2D eigenvalue weighted by Crippen LogP contribution is 2.42. The number of para-hydroxylation sites is 1. The standard InChI is InChI=1S/C44H31NO/c1-4-14-32(15-5-1)35-21-12-23-40(27-35)45(41-24-13-22-36(28-41)44-31-37-20-10-11-25-43(37)46-44)42-29-38(33-16-6-2-7-17-33)26-39(30-42)34-18-8-3-9-19-34/h1-31H. The minimum absolute atomic E-state index is 0.851. The maximum absolute atomic E-state index is 6.31. The van der Waals surface area contributed by atoms with Crippen LogP contribution >= 0.6 is 0 Å². The van der Waals surface area contributed by atoms with Gasteiger partial charge in [-0.05, 0) is 88.0 Å². The van der Waals surface area contributed by atoms with Gasteiger partial charge in [-0.3, -0.25) is 0 Å². The Morgan fingerprint density at radius 3 is 1.35 bits per heavy atom. The Morgan fingerprint density at radius 2 is 0.761 bits per heavy atom.